The van der Waals surface area contributed by atoms with E-state index in [0.29, 0.717) is 5.89 Å². The van der Waals surface area contributed by atoms with Crippen molar-refractivity contribution in [2.24, 2.45) is 0 Å². The average Bonchev–Trinajstić information content (AvgIpc) is 2.58. The Morgan fingerprint density at radius 1 is 1.31 bits per heavy atom. The van der Waals surface area contributed by atoms with Gasteiger partial charge in [-0.2, -0.15) is 4.98 Å². The lowest BCUT2D eigenvalue weighted by Crippen LogP contribution is -1.85. The highest BCUT2D eigenvalue weighted by molar-refractivity contribution is 7.15. The van der Waals surface area contributed by atoms with Gasteiger partial charge in [-0.15, -0.1) is 11.3 Å². The van der Waals surface area contributed by atoms with Crippen molar-refractivity contribution in [3.8, 4) is 10.8 Å². The van der Waals surface area contributed by atoms with Gasteiger partial charge in [0.05, 0.1) is 10.7 Å². The van der Waals surface area contributed by atoms with E-state index in [1.165, 1.54) is 11.3 Å². The lowest BCUT2D eigenvalue weighted by molar-refractivity contribution is 0.433. The van der Waals surface area contributed by atoms with Gasteiger partial charge in [0.15, 0.2) is 0 Å². The molecule has 0 saturated carbocycles. The van der Waals surface area contributed by atoms with E-state index in [0.717, 1.165) is 15.6 Å². The van der Waals surface area contributed by atoms with Crippen LogP contribution < -0.4 is 5.73 Å². The maximum atomic E-state index is 5.34. The minimum Gasteiger partial charge on any atom is -0.365 e. The molecule has 0 aliphatic rings. The highest BCUT2D eigenvalue weighted by atomic mass is 32.1. The van der Waals surface area contributed by atoms with Crippen molar-refractivity contribution < 1.29 is 4.52 Å². The number of nitrogens with two attached hydrogens (primary N) is 1. The number of rotatable bonds is 1. The first kappa shape index (κ1) is 8.18. The molecular formula is C7H8N4OS. The van der Waals surface area contributed by atoms with Gasteiger partial charge < -0.3 is 10.3 Å². The monoisotopic (exact) mass is 196 g/mol. The maximum Gasteiger partial charge on any atom is 0.271 e. The number of aromatic nitrogens is 3. The van der Waals surface area contributed by atoms with Gasteiger partial charge in [-0.25, -0.2) is 4.98 Å². The zero-order valence-corrected chi connectivity index (χ0v) is 8.05. The molecule has 5 nitrogen and oxygen atoms in total. The molecule has 68 valence electrons. The average molecular weight is 196 g/mol. The first-order valence-corrected chi connectivity index (χ1v) is 4.52. The van der Waals surface area contributed by atoms with Crippen LogP contribution in [0.4, 0.5) is 5.95 Å². The highest BCUT2D eigenvalue weighted by Gasteiger charge is 2.13. The fourth-order valence-electron chi connectivity index (χ4n) is 1.06. The van der Waals surface area contributed by atoms with Gasteiger partial charge in [-0.3, -0.25) is 0 Å². The first-order chi connectivity index (χ1) is 6.16. The summed E-state index contributed by atoms with van der Waals surface area (Å²) in [6.45, 7) is 3.83. The second kappa shape index (κ2) is 2.81. The van der Waals surface area contributed by atoms with Crippen molar-refractivity contribution in [2.75, 3.05) is 5.73 Å². The topological polar surface area (TPSA) is 77.8 Å². The Labute approximate surface area is 78.6 Å². The number of thiazole rings is 1. The van der Waals surface area contributed by atoms with Gasteiger partial charge in [0.1, 0.15) is 4.88 Å². The lowest BCUT2D eigenvalue weighted by atomic mass is 10.4. The van der Waals surface area contributed by atoms with Gasteiger partial charge in [0.25, 0.3) is 11.8 Å². The molecular weight excluding hydrogens is 188 g/mol. The number of anilines is 1. The first-order valence-electron chi connectivity index (χ1n) is 3.70. The summed E-state index contributed by atoms with van der Waals surface area (Å²) >= 11 is 1.52. The minimum absolute atomic E-state index is 0.153. The third kappa shape index (κ3) is 1.40. The molecule has 0 spiro atoms. The number of nitrogen functional groups attached to an aromatic ring is 1. The van der Waals surface area contributed by atoms with Gasteiger partial charge in [0, 0.05) is 0 Å². The Morgan fingerprint density at radius 3 is 2.54 bits per heavy atom. The summed E-state index contributed by atoms with van der Waals surface area (Å²) < 4.78 is 4.93. The molecule has 2 N–H and O–H groups in total. The van der Waals surface area contributed by atoms with Gasteiger partial charge in [-0.05, 0) is 19.0 Å². The minimum atomic E-state index is 0.153. The number of nitrogens with zero attached hydrogens (tertiary/aromatic N) is 3. The van der Waals surface area contributed by atoms with E-state index in [9.17, 15) is 0 Å². The molecule has 6 heteroatoms. The van der Waals surface area contributed by atoms with Crippen LogP contribution in [0.25, 0.3) is 10.8 Å². The highest BCUT2D eigenvalue weighted by Crippen LogP contribution is 2.28. The molecule has 0 atom stereocenters. The fraction of sp³-hybridized carbons (Fsp3) is 0.286. The summed E-state index contributed by atoms with van der Waals surface area (Å²) in [6.07, 6.45) is 0. The molecule has 0 fully saturated rings. The van der Waals surface area contributed by atoms with E-state index in [1.807, 2.05) is 13.8 Å². The molecule has 0 amide bonds. The van der Waals surface area contributed by atoms with Crippen molar-refractivity contribution >= 4 is 17.3 Å². The van der Waals surface area contributed by atoms with Crippen molar-refractivity contribution in [3.05, 3.63) is 10.7 Å². The van der Waals surface area contributed by atoms with Crippen LogP contribution in [-0.4, -0.2) is 15.1 Å². The summed E-state index contributed by atoms with van der Waals surface area (Å²) in [5, 5.41) is 4.49. The van der Waals surface area contributed by atoms with Crippen molar-refractivity contribution in [3.63, 3.8) is 0 Å². The predicted octanol–water partition coefficient (Wildman–Crippen LogP) is 1.39. The third-order valence-corrected chi connectivity index (χ3v) is 2.60. The molecule has 0 unspecified atom stereocenters. The zero-order chi connectivity index (χ0) is 9.42. The van der Waals surface area contributed by atoms with Crippen LogP contribution in [0.1, 0.15) is 10.7 Å². The SMILES string of the molecule is Cc1nc(C)c(-c2nc(N)no2)s1. The number of aryl methyl sites for hydroxylation is 2. The Bertz CT molecular complexity index is 433. The largest absolute Gasteiger partial charge is 0.365 e. The number of hydrogen-bond acceptors (Lipinski definition) is 6. The molecule has 13 heavy (non-hydrogen) atoms. The molecule has 2 heterocycles. The lowest BCUT2D eigenvalue weighted by Gasteiger charge is -1.85. The fourth-order valence-corrected chi connectivity index (χ4v) is 1.90. The van der Waals surface area contributed by atoms with E-state index < -0.39 is 0 Å². The van der Waals surface area contributed by atoms with E-state index in [-0.39, 0.29) is 5.95 Å². The normalized spacial score (nSPS) is 10.6. The second-order valence-corrected chi connectivity index (χ2v) is 3.81. The van der Waals surface area contributed by atoms with E-state index in [1.54, 1.807) is 0 Å². The van der Waals surface area contributed by atoms with Crippen molar-refractivity contribution in [1.29, 1.82) is 0 Å². The quantitative estimate of drug-likeness (QED) is 0.745. The van der Waals surface area contributed by atoms with Crippen LogP contribution in [0.3, 0.4) is 0 Å². The Balaban J connectivity index is 2.51. The van der Waals surface area contributed by atoms with Crippen LogP contribution in [-0.2, 0) is 0 Å². The summed E-state index contributed by atoms with van der Waals surface area (Å²) in [4.78, 5) is 9.06. The van der Waals surface area contributed by atoms with Gasteiger partial charge in [0.2, 0.25) is 0 Å². The Morgan fingerprint density at radius 2 is 2.08 bits per heavy atom. The van der Waals surface area contributed by atoms with Gasteiger partial charge in [-0.1, -0.05) is 0 Å². The molecule has 2 rings (SSSR count). The van der Waals surface area contributed by atoms with Crippen LogP contribution in [0.5, 0.6) is 0 Å². The standard InChI is InChI=1S/C7H8N4OS/c1-3-5(13-4(2)9-3)6-10-7(8)11-12-6/h1-2H3,(H2,8,11). The molecule has 0 aliphatic heterocycles. The molecule has 0 saturated heterocycles. The van der Waals surface area contributed by atoms with E-state index >= 15 is 0 Å². The summed E-state index contributed by atoms with van der Waals surface area (Å²) in [5.41, 5.74) is 6.24. The van der Waals surface area contributed by atoms with Crippen molar-refractivity contribution in [2.45, 2.75) is 13.8 Å². The number of hydrogen-bond donors (Lipinski definition) is 1. The molecule has 0 aliphatic carbocycles. The predicted molar refractivity (Wildman–Crippen MR) is 49.3 cm³/mol. The van der Waals surface area contributed by atoms with Crippen LogP contribution in [0.2, 0.25) is 0 Å². The maximum absolute atomic E-state index is 5.34. The third-order valence-electron chi connectivity index (χ3n) is 1.54. The summed E-state index contributed by atoms with van der Waals surface area (Å²) in [7, 11) is 0. The molecule has 2 aromatic rings. The Hall–Kier alpha value is -1.43. The van der Waals surface area contributed by atoms with Crippen LogP contribution in [0, 0.1) is 13.8 Å². The second-order valence-electron chi connectivity index (χ2n) is 2.61. The molecule has 0 radical (unpaired) electrons. The van der Waals surface area contributed by atoms with E-state index in [4.69, 9.17) is 10.3 Å². The molecule has 2 aromatic heterocycles. The molecule has 0 aromatic carbocycles. The molecule has 0 bridgehead atoms. The zero-order valence-electron chi connectivity index (χ0n) is 7.24. The smallest absolute Gasteiger partial charge is 0.271 e. The Kier molecular flexibility index (Phi) is 1.77. The van der Waals surface area contributed by atoms with Crippen molar-refractivity contribution in [1.82, 2.24) is 15.1 Å². The van der Waals surface area contributed by atoms with Gasteiger partial charge >= 0.3 is 0 Å². The van der Waals surface area contributed by atoms with Crippen LogP contribution >= 0.6 is 11.3 Å². The summed E-state index contributed by atoms with van der Waals surface area (Å²) in [5.74, 6) is 0.598. The summed E-state index contributed by atoms with van der Waals surface area (Å²) in [6, 6.07) is 0. The van der Waals surface area contributed by atoms with E-state index in [2.05, 4.69) is 15.1 Å². The van der Waals surface area contributed by atoms with Crippen LogP contribution in [0.15, 0.2) is 4.52 Å².